The van der Waals surface area contributed by atoms with Crippen LogP contribution < -0.4 is 0 Å². The molecule has 0 rings (SSSR count). The standard InChI is InChI=1S/C55H98O6/c1-4-7-10-13-16-19-22-25-27-30-33-36-39-42-45-48-54(57)60-51-52(50-59-53(56)47-44-41-38-35-32-29-24-21-18-15-12-9-6-3)61-55(58)49-46-43-40-37-34-31-28-26-23-20-17-14-11-8-5-2/h7,10,16,19,21,24-25,27,52H,4-6,8-9,11-15,17-18,20,22-23,26,28-51H2,1-3H3/b10-7+,19-16+,24-21+,27-25+/t52-/m1/s1. The molecule has 0 saturated carbocycles. The number of esters is 3. The minimum Gasteiger partial charge on any atom is -0.462 e. The van der Waals surface area contributed by atoms with Gasteiger partial charge in [-0.15, -0.1) is 0 Å². The minimum atomic E-state index is -0.780. The predicted octanol–water partition coefficient (Wildman–Crippen LogP) is 17.1. The molecule has 0 aliphatic heterocycles. The van der Waals surface area contributed by atoms with Crippen LogP contribution in [0.1, 0.15) is 265 Å². The highest BCUT2D eigenvalue weighted by Gasteiger charge is 2.19. The third-order valence-corrected chi connectivity index (χ3v) is 11.3. The number of ether oxygens (including phenoxy) is 3. The summed E-state index contributed by atoms with van der Waals surface area (Å²) in [5, 5.41) is 0. The van der Waals surface area contributed by atoms with Crippen LogP contribution >= 0.6 is 0 Å². The zero-order valence-electron chi connectivity index (χ0n) is 40.4. The average Bonchev–Trinajstić information content (AvgIpc) is 3.26. The van der Waals surface area contributed by atoms with Gasteiger partial charge in [0, 0.05) is 19.3 Å². The van der Waals surface area contributed by atoms with Crippen molar-refractivity contribution in [3.05, 3.63) is 48.6 Å². The molecule has 0 unspecified atom stereocenters. The largest absolute Gasteiger partial charge is 0.462 e. The van der Waals surface area contributed by atoms with Crippen molar-refractivity contribution in [2.45, 2.75) is 271 Å². The van der Waals surface area contributed by atoms with Crippen LogP contribution in [-0.2, 0) is 28.6 Å². The van der Waals surface area contributed by atoms with E-state index in [-0.39, 0.29) is 31.1 Å². The summed E-state index contributed by atoms with van der Waals surface area (Å²) in [6.07, 6.45) is 59.5. The van der Waals surface area contributed by atoms with Gasteiger partial charge in [0.25, 0.3) is 0 Å². The van der Waals surface area contributed by atoms with E-state index in [1.165, 1.54) is 122 Å². The van der Waals surface area contributed by atoms with Crippen molar-refractivity contribution in [1.82, 2.24) is 0 Å². The fourth-order valence-electron chi connectivity index (χ4n) is 7.39. The van der Waals surface area contributed by atoms with Gasteiger partial charge >= 0.3 is 17.9 Å². The Labute approximate surface area is 378 Å². The summed E-state index contributed by atoms with van der Waals surface area (Å²) in [6.45, 7) is 6.51. The van der Waals surface area contributed by atoms with Crippen LogP contribution in [0.4, 0.5) is 0 Å². The lowest BCUT2D eigenvalue weighted by Crippen LogP contribution is -2.30. The molecule has 0 aromatic rings. The maximum absolute atomic E-state index is 12.8. The van der Waals surface area contributed by atoms with E-state index in [0.29, 0.717) is 19.3 Å². The number of hydrogen-bond acceptors (Lipinski definition) is 6. The minimum absolute atomic E-state index is 0.0808. The van der Waals surface area contributed by atoms with E-state index in [9.17, 15) is 14.4 Å². The van der Waals surface area contributed by atoms with Gasteiger partial charge in [0.2, 0.25) is 0 Å². The maximum Gasteiger partial charge on any atom is 0.306 e. The number of unbranched alkanes of at least 4 members (excludes halogenated alkanes) is 28. The molecule has 0 N–H and O–H groups in total. The highest BCUT2D eigenvalue weighted by Crippen LogP contribution is 2.15. The number of rotatable bonds is 47. The summed E-state index contributed by atoms with van der Waals surface area (Å²) in [4.78, 5) is 38.0. The molecule has 0 bridgehead atoms. The van der Waals surface area contributed by atoms with E-state index in [1.807, 2.05) is 0 Å². The van der Waals surface area contributed by atoms with Crippen molar-refractivity contribution < 1.29 is 28.6 Å². The topological polar surface area (TPSA) is 78.9 Å². The number of hydrogen-bond donors (Lipinski definition) is 0. The molecule has 0 radical (unpaired) electrons. The Morgan fingerprint density at radius 2 is 0.639 bits per heavy atom. The van der Waals surface area contributed by atoms with Gasteiger partial charge in [0.15, 0.2) is 6.10 Å². The van der Waals surface area contributed by atoms with E-state index in [4.69, 9.17) is 14.2 Å². The Balaban J connectivity index is 4.39. The van der Waals surface area contributed by atoms with Crippen LogP contribution in [0, 0.1) is 0 Å². The first-order chi connectivity index (χ1) is 30.0. The fraction of sp³-hybridized carbons (Fsp3) is 0.800. The lowest BCUT2D eigenvalue weighted by Gasteiger charge is -2.18. The molecule has 1 atom stereocenters. The molecule has 0 amide bonds. The van der Waals surface area contributed by atoms with Crippen molar-refractivity contribution in [3.63, 3.8) is 0 Å². The molecule has 6 heteroatoms. The van der Waals surface area contributed by atoms with Crippen molar-refractivity contribution in [1.29, 1.82) is 0 Å². The van der Waals surface area contributed by atoms with Crippen LogP contribution in [0.25, 0.3) is 0 Å². The van der Waals surface area contributed by atoms with E-state index >= 15 is 0 Å². The second kappa shape index (κ2) is 50.0. The molecule has 0 aromatic heterocycles. The van der Waals surface area contributed by atoms with E-state index in [0.717, 1.165) is 103 Å². The molecule has 0 saturated heterocycles. The van der Waals surface area contributed by atoms with Gasteiger partial charge in [-0.2, -0.15) is 0 Å². The van der Waals surface area contributed by atoms with Gasteiger partial charge in [0.05, 0.1) is 0 Å². The monoisotopic (exact) mass is 855 g/mol. The summed E-state index contributed by atoms with van der Waals surface area (Å²) in [5.74, 6) is -0.897. The predicted molar refractivity (Wildman–Crippen MR) is 261 cm³/mol. The number of carbonyl (C=O) groups excluding carboxylic acids is 3. The quantitative estimate of drug-likeness (QED) is 0.0263. The fourth-order valence-corrected chi connectivity index (χ4v) is 7.39. The molecular formula is C55H98O6. The van der Waals surface area contributed by atoms with Crippen molar-refractivity contribution in [2.24, 2.45) is 0 Å². The SMILES string of the molecule is CC/C=C/C/C=C/C/C=C/CCCCCCCC(=O)OC[C@@H](COC(=O)CCCCCCC/C=C/CCCCCC)OC(=O)CCCCCCCCCCCCCCCCC. The molecule has 6 nitrogen and oxygen atoms in total. The Bertz CT molecular complexity index is 1070. The normalized spacial score (nSPS) is 12.4. The van der Waals surface area contributed by atoms with E-state index in [2.05, 4.69) is 69.4 Å². The van der Waals surface area contributed by atoms with Crippen LogP contribution in [0.3, 0.4) is 0 Å². The lowest BCUT2D eigenvalue weighted by atomic mass is 10.0. The molecule has 0 heterocycles. The first kappa shape index (κ1) is 58.4. The van der Waals surface area contributed by atoms with Gasteiger partial charge in [0.1, 0.15) is 13.2 Å². The second-order valence-corrected chi connectivity index (χ2v) is 17.4. The van der Waals surface area contributed by atoms with Gasteiger partial charge in [-0.05, 0) is 77.0 Å². The van der Waals surface area contributed by atoms with Gasteiger partial charge in [-0.25, -0.2) is 0 Å². The Morgan fingerprint density at radius 3 is 1.03 bits per heavy atom. The Hall–Kier alpha value is -2.63. The third kappa shape index (κ3) is 48.3. The first-order valence-corrected chi connectivity index (χ1v) is 26.1. The highest BCUT2D eigenvalue weighted by atomic mass is 16.6. The van der Waals surface area contributed by atoms with Crippen LogP contribution in [-0.4, -0.2) is 37.2 Å². The summed E-state index contributed by atoms with van der Waals surface area (Å²) < 4.78 is 16.8. The molecule has 0 aromatic carbocycles. The van der Waals surface area contributed by atoms with Gasteiger partial charge in [-0.1, -0.05) is 217 Å². The molecule has 354 valence electrons. The van der Waals surface area contributed by atoms with Crippen LogP contribution in [0.2, 0.25) is 0 Å². The summed E-state index contributed by atoms with van der Waals surface area (Å²) in [7, 11) is 0. The summed E-state index contributed by atoms with van der Waals surface area (Å²) >= 11 is 0. The van der Waals surface area contributed by atoms with Crippen molar-refractivity contribution in [2.75, 3.05) is 13.2 Å². The van der Waals surface area contributed by atoms with Crippen molar-refractivity contribution in [3.8, 4) is 0 Å². The summed E-state index contributed by atoms with van der Waals surface area (Å²) in [5.41, 5.74) is 0. The van der Waals surface area contributed by atoms with Crippen molar-refractivity contribution >= 4 is 17.9 Å². The first-order valence-electron chi connectivity index (χ1n) is 26.1. The smallest absolute Gasteiger partial charge is 0.306 e. The Kier molecular flexibility index (Phi) is 47.9. The van der Waals surface area contributed by atoms with Crippen LogP contribution in [0.15, 0.2) is 48.6 Å². The average molecular weight is 855 g/mol. The zero-order valence-corrected chi connectivity index (χ0v) is 40.4. The van der Waals surface area contributed by atoms with E-state index < -0.39 is 6.10 Å². The molecule has 61 heavy (non-hydrogen) atoms. The van der Waals surface area contributed by atoms with Gasteiger partial charge < -0.3 is 14.2 Å². The van der Waals surface area contributed by atoms with E-state index in [1.54, 1.807) is 0 Å². The molecule has 0 fully saturated rings. The highest BCUT2D eigenvalue weighted by molar-refractivity contribution is 5.71. The zero-order chi connectivity index (χ0) is 44.4. The van der Waals surface area contributed by atoms with Crippen LogP contribution in [0.5, 0.6) is 0 Å². The molecule has 0 spiro atoms. The third-order valence-electron chi connectivity index (χ3n) is 11.3. The molecule has 0 aliphatic carbocycles. The van der Waals surface area contributed by atoms with Gasteiger partial charge in [-0.3, -0.25) is 14.4 Å². The molecule has 0 aliphatic rings. The molecular weight excluding hydrogens is 757 g/mol. The second-order valence-electron chi connectivity index (χ2n) is 17.4. The number of allylic oxidation sites excluding steroid dienone is 8. The Morgan fingerprint density at radius 1 is 0.344 bits per heavy atom. The number of carbonyl (C=O) groups is 3. The maximum atomic E-state index is 12.8. The summed E-state index contributed by atoms with van der Waals surface area (Å²) in [6, 6.07) is 0. The lowest BCUT2D eigenvalue weighted by molar-refractivity contribution is -0.167.